The number of nitrogens with one attached hydrogen (secondary N) is 1. The molecule has 8 heteroatoms. The number of aromatic nitrogens is 1. The smallest absolute Gasteiger partial charge is 0.271 e. The molecule has 0 unspecified atom stereocenters. The Labute approximate surface area is 175 Å². The van der Waals surface area contributed by atoms with E-state index in [1.165, 1.54) is 12.6 Å². The maximum atomic E-state index is 12.3. The van der Waals surface area contributed by atoms with Gasteiger partial charge in [-0.1, -0.05) is 0 Å². The maximum Gasteiger partial charge on any atom is 0.271 e. The first-order valence-electron chi connectivity index (χ1n) is 10.1. The van der Waals surface area contributed by atoms with Crippen LogP contribution in [0, 0.1) is 0 Å². The Morgan fingerprint density at radius 2 is 1.87 bits per heavy atom. The van der Waals surface area contributed by atoms with Gasteiger partial charge in [0, 0.05) is 31.0 Å². The molecule has 2 heterocycles. The van der Waals surface area contributed by atoms with E-state index in [-0.39, 0.29) is 18.4 Å². The van der Waals surface area contributed by atoms with Gasteiger partial charge in [-0.05, 0) is 62.1 Å². The number of ether oxygens (including phenoxy) is 2. The Bertz CT molecular complexity index is 880. The zero-order valence-electron chi connectivity index (χ0n) is 17.0. The highest BCUT2D eigenvalue weighted by Gasteiger charge is 2.17. The Kier molecular flexibility index (Phi) is 7.77. The molecule has 8 nitrogen and oxygen atoms in total. The van der Waals surface area contributed by atoms with Crippen molar-refractivity contribution < 1.29 is 19.1 Å². The molecule has 1 aliphatic heterocycles. The second-order valence-electron chi connectivity index (χ2n) is 6.80. The molecule has 2 aromatic rings. The van der Waals surface area contributed by atoms with Gasteiger partial charge in [0.2, 0.25) is 0 Å². The maximum absolute atomic E-state index is 12.3. The minimum absolute atomic E-state index is 0.0124. The summed E-state index contributed by atoms with van der Waals surface area (Å²) in [6.07, 6.45) is 7.86. The average molecular weight is 410 g/mol. The van der Waals surface area contributed by atoms with Crippen molar-refractivity contribution >= 4 is 18.0 Å². The van der Waals surface area contributed by atoms with Gasteiger partial charge in [0.25, 0.3) is 11.8 Å². The van der Waals surface area contributed by atoms with Crippen LogP contribution in [0.4, 0.5) is 0 Å². The monoisotopic (exact) mass is 410 g/mol. The molecule has 1 aromatic carbocycles. The lowest BCUT2D eigenvalue weighted by atomic mass is 10.1. The van der Waals surface area contributed by atoms with Crippen LogP contribution in [-0.2, 0) is 4.79 Å². The van der Waals surface area contributed by atoms with Gasteiger partial charge >= 0.3 is 0 Å². The van der Waals surface area contributed by atoms with Crippen LogP contribution in [0.1, 0.15) is 42.1 Å². The fraction of sp³-hybridized carbons (Fsp3) is 0.364. The molecule has 0 aliphatic carbocycles. The third-order valence-corrected chi connectivity index (χ3v) is 4.65. The fourth-order valence-corrected chi connectivity index (χ4v) is 3.10. The second-order valence-corrected chi connectivity index (χ2v) is 6.80. The molecule has 0 spiro atoms. The van der Waals surface area contributed by atoms with Crippen LogP contribution in [0.15, 0.2) is 47.8 Å². The molecule has 0 radical (unpaired) electrons. The number of carbonyl (C=O) groups excluding carboxylic acids is 2. The molecule has 158 valence electrons. The van der Waals surface area contributed by atoms with E-state index in [0.717, 1.165) is 31.5 Å². The third kappa shape index (κ3) is 6.04. The van der Waals surface area contributed by atoms with Crippen molar-refractivity contribution in [2.75, 3.05) is 26.3 Å². The average Bonchev–Trinajstić information content (AvgIpc) is 2.79. The highest BCUT2D eigenvalue weighted by atomic mass is 16.5. The molecule has 1 fully saturated rings. The highest BCUT2D eigenvalue weighted by Crippen LogP contribution is 2.28. The highest BCUT2D eigenvalue weighted by molar-refractivity contribution is 5.94. The normalized spacial score (nSPS) is 13.8. The van der Waals surface area contributed by atoms with Gasteiger partial charge < -0.3 is 14.4 Å². The Morgan fingerprint density at radius 3 is 2.60 bits per heavy atom. The first kappa shape index (κ1) is 21.3. The topological polar surface area (TPSA) is 93.1 Å². The quantitative estimate of drug-likeness (QED) is 0.533. The van der Waals surface area contributed by atoms with Gasteiger partial charge in [-0.25, -0.2) is 5.43 Å². The molecular weight excluding hydrogens is 384 g/mol. The number of hydrogen-bond acceptors (Lipinski definition) is 6. The van der Waals surface area contributed by atoms with Gasteiger partial charge in [-0.3, -0.25) is 14.6 Å². The summed E-state index contributed by atoms with van der Waals surface area (Å²) in [4.78, 5) is 30.0. The largest absolute Gasteiger partial charge is 0.490 e. The molecule has 3 rings (SSSR count). The van der Waals surface area contributed by atoms with Gasteiger partial charge in [-0.2, -0.15) is 5.10 Å². The van der Waals surface area contributed by atoms with E-state index in [4.69, 9.17) is 9.47 Å². The first-order valence-corrected chi connectivity index (χ1v) is 10.1. The number of amides is 2. The molecule has 1 aliphatic rings. The number of piperidine rings is 1. The zero-order valence-corrected chi connectivity index (χ0v) is 17.0. The van der Waals surface area contributed by atoms with Crippen LogP contribution in [0.2, 0.25) is 0 Å². The summed E-state index contributed by atoms with van der Waals surface area (Å²) in [5.74, 6) is 0.685. The zero-order chi connectivity index (χ0) is 21.2. The summed E-state index contributed by atoms with van der Waals surface area (Å²) in [5.41, 5.74) is 3.67. The standard InChI is InChI=1S/C22H26N4O4/c1-2-29-20-14-17(15-24-25-22(28)18-8-10-23-11-9-18)6-7-19(20)30-16-21(27)26-12-4-3-5-13-26/h6-11,14-15H,2-5,12-13,16H2,1H3,(H,25,28). The molecule has 1 aromatic heterocycles. The van der Waals surface area contributed by atoms with E-state index in [1.807, 2.05) is 11.8 Å². The van der Waals surface area contributed by atoms with Crippen molar-refractivity contribution in [1.29, 1.82) is 0 Å². The summed E-state index contributed by atoms with van der Waals surface area (Å²) in [5, 5.41) is 3.98. The van der Waals surface area contributed by atoms with Crippen molar-refractivity contribution in [3.05, 3.63) is 53.9 Å². The van der Waals surface area contributed by atoms with Crippen LogP contribution in [0.3, 0.4) is 0 Å². The summed E-state index contributed by atoms with van der Waals surface area (Å²) in [6, 6.07) is 8.49. The Morgan fingerprint density at radius 1 is 1.10 bits per heavy atom. The van der Waals surface area contributed by atoms with Crippen LogP contribution in [0.5, 0.6) is 11.5 Å². The van der Waals surface area contributed by atoms with E-state index in [9.17, 15) is 9.59 Å². The predicted octanol–water partition coefficient (Wildman–Crippen LogP) is 2.64. The lowest BCUT2D eigenvalue weighted by molar-refractivity contribution is -0.134. The van der Waals surface area contributed by atoms with Gasteiger partial charge in [-0.15, -0.1) is 0 Å². The number of benzene rings is 1. The number of likely N-dealkylation sites (tertiary alicyclic amines) is 1. The second kappa shape index (κ2) is 10.9. The van der Waals surface area contributed by atoms with E-state index in [2.05, 4.69) is 15.5 Å². The van der Waals surface area contributed by atoms with E-state index in [1.54, 1.807) is 42.7 Å². The van der Waals surface area contributed by atoms with Crippen molar-refractivity contribution in [1.82, 2.24) is 15.3 Å². The molecule has 0 bridgehead atoms. The van der Waals surface area contributed by atoms with E-state index in [0.29, 0.717) is 23.7 Å². The summed E-state index contributed by atoms with van der Waals surface area (Å²) in [7, 11) is 0. The van der Waals surface area contributed by atoms with Gasteiger partial charge in [0.15, 0.2) is 18.1 Å². The molecule has 0 atom stereocenters. The van der Waals surface area contributed by atoms with Gasteiger partial charge in [0.1, 0.15) is 0 Å². The van der Waals surface area contributed by atoms with Crippen molar-refractivity contribution in [3.63, 3.8) is 0 Å². The number of rotatable bonds is 8. The van der Waals surface area contributed by atoms with Crippen LogP contribution in [0.25, 0.3) is 0 Å². The van der Waals surface area contributed by atoms with Crippen LogP contribution in [-0.4, -0.2) is 54.2 Å². The molecule has 30 heavy (non-hydrogen) atoms. The minimum Gasteiger partial charge on any atom is -0.490 e. The lowest BCUT2D eigenvalue weighted by Crippen LogP contribution is -2.38. The number of hydrogen-bond donors (Lipinski definition) is 1. The molecule has 2 amide bonds. The Balaban J connectivity index is 1.59. The number of pyridine rings is 1. The summed E-state index contributed by atoms with van der Waals surface area (Å²) >= 11 is 0. The number of hydrazone groups is 1. The molecule has 1 N–H and O–H groups in total. The van der Waals surface area contributed by atoms with Gasteiger partial charge in [0.05, 0.1) is 12.8 Å². The summed E-state index contributed by atoms with van der Waals surface area (Å²) in [6.45, 7) is 3.89. The molecule has 1 saturated heterocycles. The van der Waals surface area contributed by atoms with Crippen molar-refractivity contribution in [2.45, 2.75) is 26.2 Å². The fourth-order valence-electron chi connectivity index (χ4n) is 3.10. The van der Waals surface area contributed by atoms with Crippen LogP contribution >= 0.6 is 0 Å². The van der Waals surface area contributed by atoms with Crippen molar-refractivity contribution in [3.8, 4) is 11.5 Å². The lowest BCUT2D eigenvalue weighted by Gasteiger charge is -2.26. The van der Waals surface area contributed by atoms with Crippen LogP contribution < -0.4 is 14.9 Å². The Hall–Kier alpha value is -3.42. The van der Waals surface area contributed by atoms with E-state index >= 15 is 0 Å². The van der Waals surface area contributed by atoms with E-state index < -0.39 is 0 Å². The first-order chi connectivity index (χ1) is 14.7. The summed E-state index contributed by atoms with van der Waals surface area (Å²) < 4.78 is 11.4. The molecular formula is C22H26N4O4. The minimum atomic E-state index is -0.324. The number of nitrogens with zero attached hydrogens (tertiary/aromatic N) is 3. The number of carbonyl (C=O) groups is 2. The predicted molar refractivity (Wildman–Crippen MR) is 113 cm³/mol. The SMILES string of the molecule is CCOc1cc(C=NNC(=O)c2ccncc2)ccc1OCC(=O)N1CCCCC1. The molecule has 0 saturated carbocycles. The van der Waals surface area contributed by atoms with Crippen molar-refractivity contribution in [2.24, 2.45) is 5.10 Å². The third-order valence-electron chi connectivity index (χ3n) is 4.65.